The highest BCUT2D eigenvalue weighted by molar-refractivity contribution is 5.69. The maximum Gasteiger partial charge on any atom is 0.306 e. The second-order valence-corrected chi connectivity index (χ2v) is 9.95. The zero-order valence-corrected chi connectivity index (χ0v) is 22.5. The van der Waals surface area contributed by atoms with Gasteiger partial charge >= 0.3 is 5.97 Å². The SMILES string of the molecule is CCCCCC/C=C\COC(=O)CCCCCCCCC(CCO)CCCCCCCCC. The molecule has 0 fully saturated rings. The first kappa shape index (κ1) is 32.2. The molecule has 0 saturated carbocycles. The fourth-order valence-corrected chi connectivity index (χ4v) is 4.50. The maximum absolute atomic E-state index is 11.8. The number of aliphatic hydroxyl groups is 1. The van der Waals surface area contributed by atoms with Crippen LogP contribution in [-0.2, 0) is 9.53 Å². The molecular weight excluding hydrogens is 408 g/mol. The van der Waals surface area contributed by atoms with E-state index in [1.165, 1.54) is 109 Å². The molecule has 0 heterocycles. The fourth-order valence-electron chi connectivity index (χ4n) is 4.50. The highest BCUT2D eigenvalue weighted by atomic mass is 16.5. The van der Waals surface area contributed by atoms with Crippen molar-refractivity contribution in [3.63, 3.8) is 0 Å². The number of carbonyl (C=O) groups excluding carboxylic acids is 1. The van der Waals surface area contributed by atoms with E-state index in [0.29, 0.717) is 25.6 Å². The summed E-state index contributed by atoms with van der Waals surface area (Å²) in [4.78, 5) is 11.8. The normalized spacial score (nSPS) is 12.5. The summed E-state index contributed by atoms with van der Waals surface area (Å²) >= 11 is 0. The lowest BCUT2D eigenvalue weighted by Crippen LogP contribution is -2.04. The van der Waals surface area contributed by atoms with Gasteiger partial charge in [-0.1, -0.05) is 135 Å². The molecule has 0 spiro atoms. The van der Waals surface area contributed by atoms with E-state index in [2.05, 4.69) is 19.9 Å². The molecule has 0 aromatic heterocycles. The van der Waals surface area contributed by atoms with Crippen molar-refractivity contribution in [3.8, 4) is 0 Å². The third kappa shape index (κ3) is 25.6. The number of esters is 1. The van der Waals surface area contributed by atoms with Gasteiger partial charge in [-0.15, -0.1) is 0 Å². The Morgan fingerprint density at radius 1 is 0.667 bits per heavy atom. The summed E-state index contributed by atoms with van der Waals surface area (Å²) < 4.78 is 5.28. The zero-order valence-electron chi connectivity index (χ0n) is 22.5. The highest BCUT2D eigenvalue weighted by Gasteiger charge is 2.08. The molecule has 0 aliphatic carbocycles. The third-order valence-electron chi connectivity index (χ3n) is 6.73. The van der Waals surface area contributed by atoms with Gasteiger partial charge in [0.1, 0.15) is 6.61 Å². The molecule has 0 aromatic rings. The quantitative estimate of drug-likeness (QED) is 0.0784. The lowest BCUT2D eigenvalue weighted by atomic mass is 9.92. The summed E-state index contributed by atoms with van der Waals surface area (Å²) in [5, 5.41) is 9.36. The van der Waals surface area contributed by atoms with Crippen molar-refractivity contribution in [3.05, 3.63) is 12.2 Å². The molecule has 0 rings (SSSR count). The number of aliphatic hydroxyl groups excluding tert-OH is 1. The van der Waals surface area contributed by atoms with E-state index in [4.69, 9.17) is 4.74 Å². The molecule has 1 atom stereocenters. The Labute approximate surface area is 207 Å². The van der Waals surface area contributed by atoms with E-state index in [9.17, 15) is 9.90 Å². The summed E-state index contributed by atoms with van der Waals surface area (Å²) in [5.41, 5.74) is 0. The van der Waals surface area contributed by atoms with Crippen LogP contribution in [0.5, 0.6) is 0 Å². The number of unbranched alkanes of at least 4 members (excludes halogenated alkanes) is 15. The summed E-state index contributed by atoms with van der Waals surface area (Å²) in [6.07, 6.45) is 31.1. The maximum atomic E-state index is 11.8. The van der Waals surface area contributed by atoms with E-state index < -0.39 is 0 Å². The lowest BCUT2D eigenvalue weighted by molar-refractivity contribution is -0.142. The predicted octanol–water partition coefficient (Wildman–Crippen LogP) is 9.32. The molecular formula is C30H58O3. The van der Waals surface area contributed by atoms with Crippen molar-refractivity contribution >= 4 is 5.97 Å². The Bertz CT molecular complexity index is 419. The van der Waals surface area contributed by atoms with Crippen LogP contribution in [0.2, 0.25) is 0 Å². The average Bonchev–Trinajstić information content (AvgIpc) is 2.81. The van der Waals surface area contributed by atoms with Gasteiger partial charge in [0.05, 0.1) is 0 Å². The van der Waals surface area contributed by atoms with E-state index in [1.807, 2.05) is 6.08 Å². The molecule has 0 radical (unpaired) electrons. The summed E-state index contributed by atoms with van der Waals surface area (Å²) in [6.45, 7) is 5.27. The number of allylic oxidation sites excluding steroid dienone is 1. The molecule has 1 N–H and O–H groups in total. The Balaban J connectivity index is 3.51. The van der Waals surface area contributed by atoms with Crippen molar-refractivity contribution in [2.24, 2.45) is 5.92 Å². The first-order valence-electron chi connectivity index (χ1n) is 14.7. The summed E-state index contributed by atoms with van der Waals surface area (Å²) in [5.74, 6) is 0.661. The molecule has 0 aliphatic rings. The number of hydrogen-bond donors (Lipinski definition) is 1. The van der Waals surface area contributed by atoms with Crippen LogP contribution in [-0.4, -0.2) is 24.3 Å². The first-order valence-corrected chi connectivity index (χ1v) is 14.7. The summed E-state index contributed by atoms with van der Waals surface area (Å²) in [6, 6.07) is 0. The van der Waals surface area contributed by atoms with Crippen LogP contribution in [0.15, 0.2) is 12.2 Å². The van der Waals surface area contributed by atoms with Gasteiger partial charge in [0.2, 0.25) is 0 Å². The van der Waals surface area contributed by atoms with Crippen molar-refractivity contribution in [1.29, 1.82) is 0 Å². The highest BCUT2D eigenvalue weighted by Crippen LogP contribution is 2.22. The number of carbonyl (C=O) groups is 1. The fraction of sp³-hybridized carbons (Fsp3) is 0.900. The van der Waals surface area contributed by atoms with Crippen LogP contribution in [0.25, 0.3) is 0 Å². The van der Waals surface area contributed by atoms with Crippen LogP contribution in [0.1, 0.15) is 155 Å². The predicted molar refractivity (Wildman–Crippen MR) is 144 cm³/mol. The van der Waals surface area contributed by atoms with Gasteiger partial charge in [-0.3, -0.25) is 4.79 Å². The minimum atomic E-state index is -0.0529. The zero-order chi connectivity index (χ0) is 24.2. The summed E-state index contributed by atoms with van der Waals surface area (Å²) in [7, 11) is 0. The smallest absolute Gasteiger partial charge is 0.306 e. The lowest BCUT2D eigenvalue weighted by Gasteiger charge is -2.15. The number of rotatable bonds is 26. The molecule has 33 heavy (non-hydrogen) atoms. The van der Waals surface area contributed by atoms with Gasteiger partial charge in [-0.2, -0.15) is 0 Å². The third-order valence-corrected chi connectivity index (χ3v) is 6.73. The first-order chi connectivity index (χ1) is 16.2. The van der Waals surface area contributed by atoms with Gasteiger partial charge in [0.25, 0.3) is 0 Å². The molecule has 0 aromatic carbocycles. The van der Waals surface area contributed by atoms with Crippen LogP contribution in [0, 0.1) is 5.92 Å². The van der Waals surface area contributed by atoms with Crippen molar-refractivity contribution < 1.29 is 14.6 Å². The van der Waals surface area contributed by atoms with Crippen molar-refractivity contribution in [1.82, 2.24) is 0 Å². The molecule has 196 valence electrons. The number of hydrogen-bond acceptors (Lipinski definition) is 3. The number of ether oxygens (including phenoxy) is 1. The Hall–Kier alpha value is -0.830. The van der Waals surface area contributed by atoms with E-state index in [-0.39, 0.29) is 5.97 Å². The van der Waals surface area contributed by atoms with Crippen LogP contribution < -0.4 is 0 Å². The van der Waals surface area contributed by atoms with Crippen LogP contribution in [0.3, 0.4) is 0 Å². The second kappa shape index (κ2) is 27.4. The van der Waals surface area contributed by atoms with Gasteiger partial charge in [0, 0.05) is 13.0 Å². The molecule has 0 saturated heterocycles. The molecule has 3 nitrogen and oxygen atoms in total. The topological polar surface area (TPSA) is 46.5 Å². The van der Waals surface area contributed by atoms with Gasteiger partial charge in [-0.05, 0) is 31.6 Å². The van der Waals surface area contributed by atoms with Crippen molar-refractivity contribution in [2.75, 3.05) is 13.2 Å². The second-order valence-electron chi connectivity index (χ2n) is 9.95. The van der Waals surface area contributed by atoms with Gasteiger partial charge in [0.15, 0.2) is 0 Å². The standard InChI is InChI=1S/C30H58O3/c1-3-5-7-9-11-15-19-23-29(26-27-31)24-20-16-12-13-17-21-25-30(32)33-28-22-18-14-10-8-6-4-2/h18,22,29,31H,3-17,19-21,23-28H2,1-2H3/b22-18-. The minimum Gasteiger partial charge on any atom is -0.461 e. The molecule has 0 amide bonds. The largest absolute Gasteiger partial charge is 0.461 e. The van der Waals surface area contributed by atoms with E-state index in [1.54, 1.807) is 0 Å². The molecule has 3 heteroatoms. The minimum absolute atomic E-state index is 0.0529. The Morgan fingerprint density at radius 3 is 1.76 bits per heavy atom. The van der Waals surface area contributed by atoms with Crippen molar-refractivity contribution in [2.45, 2.75) is 155 Å². The van der Waals surface area contributed by atoms with Gasteiger partial charge < -0.3 is 9.84 Å². The molecule has 1 unspecified atom stereocenters. The van der Waals surface area contributed by atoms with Gasteiger partial charge in [-0.25, -0.2) is 0 Å². The molecule has 0 aliphatic heterocycles. The van der Waals surface area contributed by atoms with Crippen LogP contribution >= 0.6 is 0 Å². The Morgan fingerprint density at radius 2 is 1.18 bits per heavy atom. The average molecular weight is 467 g/mol. The Kier molecular flexibility index (Phi) is 26.7. The monoisotopic (exact) mass is 466 g/mol. The molecule has 0 bridgehead atoms. The van der Waals surface area contributed by atoms with E-state index >= 15 is 0 Å². The van der Waals surface area contributed by atoms with E-state index in [0.717, 1.165) is 25.7 Å². The van der Waals surface area contributed by atoms with Crippen LogP contribution in [0.4, 0.5) is 0 Å².